The Morgan fingerprint density at radius 3 is 2.48 bits per heavy atom. The zero-order valence-electron chi connectivity index (χ0n) is 23.6. The molecule has 3 aromatic heterocycles. The number of thiophene rings is 1. The molecule has 3 fully saturated rings. The molecule has 1 N–H and O–H groups in total. The van der Waals surface area contributed by atoms with Gasteiger partial charge in [-0.25, -0.2) is 14.2 Å². The summed E-state index contributed by atoms with van der Waals surface area (Å²) in [6.45, 7) is -1.61. The van der Waals surface area contributed by atoms with Gasteiger partial charge in [0.05, 0.1) is 42.6 Å². The number of carboxylic acids is 1. The average molecular weight is 630 g/mol. The number of hydrogen-bond acceptors (Lipinski definition) is 9. The van der Waals surface area contributed by atoms with Gasteiger partial charge in [0.25, 0.3) is 5.56 Å². The Morgan fingerprint density at radius 2 is 1.84 bits per heavy atom. The normalized spacial score (nSPS) is 22.9. The van der Waals surface area contributed by atoms with Crippen molar-refractivity contribution in [3.05, 3.63) is 68.6 Å². The Hall–Kier alpha value is -3.95. The van der Waals surface area contributed by atoms with Crippen LogP contribution in [0.25, 0.3) is 15.2 Å². The predicted octanol–water partition coefficient (Wildman–Crippen LogP) is 3.76. The third kappa shape index (κ3) is 4.82. The second-order valence-corrected chi connectivity index (χ2v) is 12.5. The second kappa shape index (κ2) is 10.9. The highest BCUT2D eigenvalue weighted by atomic mass is 32.1. The van der Waals surface area contributed by atoms with E-state index in [2.05, 4.69) is 10.2 Å². The number of carboxylic acid groups (broad SMARTS) is 1. The van der Waals surface area contributed by atoms with Crippen molar-refractivity contribution >= 4 is 27.5 Å². The van der Waals surface area contributed by atoms with Crippen molar-refractivity contribution in [2.75, 3.05) is 0 Å². The lowest BCUT2D eigenvalue weighted by molar-refractivity contribution is -0.142. The van der Waals surface area contributed by atoms with Crippen molar-refractivity contribution in [1.82, 2.24) is 24.1 Å². The maximum atomic E-state index is 14.2. The monoisotopic (exact) mass is 629 g/mol. The van der Waals surface area contributed by atoms with Gasteiger partial charge in [0.1, 0.15) is 27.2 Å². The fourth-order valence-corrected chi connectivity index (χ4v) is 7.74. The van der Waals surface area contributed by atoms with Crippen molar-refractivity contribution in [2.24, 2.45) is 0 Å². The molecule has 0 radical (unpaired) electrons. The molecule has 1 aliphatic carbocycles. The molecule has 12 nitrogen and oxygen atoms in total. The van der Waals surface area contributed by atoms with Crippen LogP contribution >= 0.6 is 11.3 Å². The molecule has 7 rings (SSSR count). The summed E-state index contributed by atoms with van der Waals surface area (Å²) in [6, 6.07) is 6.24. The number of halogens is 2. The number of para-hydroxylation sites is 1. The quantitative estimate of drug-likeness (QED) is 0.278. The molecule has 2 saturated heterocycles. The van der Waals surface area contributed by atoms with Crippen molar-refractivity contribution in [2.45, 2.75) is 88.6 Å². The first-order chi connectivity index (χ1) is 21.2. The number of aryl methyl sites for hydroxylation is 1. The van der Waals surface area contributed by atoms with Crippen molar-refractivity contribution in [3.63, 3.8) is 0 Å². The zero-order chi connectivity index (χ0) is 30.7. The Balaban J connectivity index is 1.41. The fraction of sp³-hybridized carbons (Fsp3) is 0.483. The molecule has 1 saturated carbocycles. The van der Waals surface area contributed by atoms with Crippen LogP contribution in [0.5, 0.6) is 5.75 Å². The van der Waals surface area contributed by atoms with Gasteiger partial charge in [-0.2, -0.15) is 19.0 Å². The zero-order valence-corrected chi connectivity index (χ0v) is 24.4. The molecule has 0 amide bonds. The van der Waals surface area contributed by atoms with E-state index in [-0.39, 0.29) is 53.7 Å². The van der Waals surface area contributed by atoms with Gasteiger partial charge in [0.2, 0.25) is 0 Å². The molecule has 3 aliphatic rings. The molecular weight excluding hydrogens is 600 g/mol. The van der Waals surface area contributed by atoms with Crippen LogP contribution in [0.4, 0.5) is 8.78 Å². The first kappa shape index (κ1) is 28.8. The lowest BCUT2D eigenvalue weighted by Gasteiger charge is -2.32. The van der Waals surface area contributed by atoms with Crippen LogP contribution in [0.3, 0.4) is 0 Å². The first-order valence-electron chi connectivity index (χ1n) is 14.4. The Morgan fingerprint density at radius 1 is 1.16 bits per heavy atom. The first-order valence-corrected chi connectivity index (χ1v) is 15.2. The number of hydrogen-bond donors (Lipinski definition) is 1. The lowest BCUT2D eigenvalue weighted by atomic mass is 10.0. The number of alkyl halides is 2. The average Bonchev–Trinajstić information content (AvgIpc) is 3.27. The van der Waals surface area contributed by atoms with E-state index in [9.17, 15) is 28.3 Å². The molecule has 4 aromatic rings. The molecular formula is C29H29F2N5O7S. The summed E-state index contributed by atoms with van der Waals surface area (Å²) in [6.07, 6.45) is 5.00. The van der Waals surface area contributed by atoms with E-state index < -0.39 is 35.5 Å². The van der Waals surface area contributed by atoms with Crippen LogP contribution in [0, 0.1) is 6.92 Å². The van der Waals surface area contributed by atoms with Crippen LogP contribution in [-0.4, -0.2) is 60.1 Å². The molecule has 2 bridgehead atoms. The molecule has 4 atom stereocenters. The fourth-order valence-electron chi connectivity index (χ4n) is 6.52. The summed E-state index contributed by atoms with van der Waals surface area (Å²) in [4.78, 5) is 42.1. The van der Waals surface area contributed by atoms with E-state index in [1.807, 2.05) is 0 Å². The summed E-state index contributed by atoms with van der Waals surface area (Å²) in [5.41, 5.74) is -2.43. The van der Waals surface area contributed by atoms with E-state index in [1.54, 1.807) is 25.1 Å². The van der Waals surface area contributed by atoms with Gasteiger partial charge >= 0.3 is 18.3 Å². The summed E-state index contributed by atoms with van der Waals surface area (Å²) in [5, 5.41) is 19.1. The molecule has 5 heterocycles. The molecule has 232 valence electrons. The van der Waals surface area contributed by atoms with E-state index in [0.29, 0.717) is 29.0 Å². The summed E-state index contributed by atoms with van der Waals surface area (Å²) < 4.78 is 46.6. The summed E-state index contributed by atoms with van der Waals surface area (Å²) >= 11 is 1.11. The standard InChI is InChI=1S/C29H29F2N5O7S/c1-15-22-23(37)35(29(8-9-29)26(38)39)28(40)34(25(22)44-24(15)36-32-10-11-33-36)14-21(19-4-2-3-5-20(19)43-27(30)31)42-18-12-16-6-7-17(13-18)41-16/h2-5,10-11,16-18,21,27H,6-9,12-14H2,1H3,(H,38,39)/t16-,17+,18-,21-/m0/s1. The number of rotatable bonds is 10. The van der Waals surface area contributed by atoms with Crippen LogP contribution in [0.2, 0.25) is 0 Å². The number of aromatic nitrogens is 5. The van der Waals surface area contributed by atoms with Gasteiger partial charge in [-0.15, -0.1) is 4.80 Å². The molecule has 1 aromatic carbocycles. The van der Waals surface area contributed by atoms with Gasteiger partial charge in [-0.3, -0.25) is 9.36 Å². The third-order valence-corrected chi connectivity index (χ3v) is 10.1. The second-order valence-electron chi connectivity index (χ2n) is 11.5. The molecule has 44 heavy (non-hydrogen) atoms. The number of carbonyl (C=O) groups is 1. The van der Waals surface area contributed by atoms with Crippen LogP contribution in [0.1, 0.15) is 55.8 Å². The van der Waals surface area contributed by atoms with Crippen molar-refractivity contribution in [1.29, 1.82) is 0 Å². The lowest BCUT2D eigenvalue weighted by Crippen LogP contribution is -2.49. The summed E-state index contributed by atoms with van der Waals surface area (Å²) in [5.74, 6) is -1.38. The minimum Gasteiger partial charge on any atom is -0.479 e. The van der Waals surface area contributed by atoms with Crippen LogP contribution < -0.4 is 16.0 Å². The van der Waals surface area contributed by atoms with E-state index in [4.69, 9.17) is 14.2 Å². The third-order valence-electron chi connectivity index (χ3n) is 8.77. The highest BCUT2D eigenvalue weighted by Gasteiger charge is 2.55. The number of aliphatic carboxylic acids is 1. The molecule has 0 unspecified atom stereocenters. The highest BCUT2D eigenvalue weighted by Crippen LogP contribution is 2.43. The molecule has 2 aliphatic heterocycles. The van der Waals surface area contributed by atoms with E-state index in [1.165, 1.54) is 27.8 Å². The maximum absolute atomic E-state index is 14.2. The number of ether oxygens (including phenoxy) is 3. The Kier molecular flexibility index (Phi) is 7.13. The number of nitrogens with zero attached hydrogens (tertiary/aromatic N) is 5. The molecule has 15 heteroatoms. The van der Waals surface area contributed by atoms with Gasteiger partial charge in [0.15, 0.2) is 0 Å². The largest absolute Gasteiger partial charge is 0.479 e. The Labute approximate surface area is 252 Å². The smallest absolute Gasteiger partial charge is 0.387 e. The summed E-state index contributed by atoms with van der Waals surface area (Å²) in [7, 11) is 0. The Bertz CT molecular complexity index is 1840. The van der Waals surface area contributed by atoms with Gasteiger partial charge in [-0.05, 0) is 51.5 Å². The van der Waals surface area contributed by atoms with Crippen LogP contribution in [-0.2, 0) is 26.4 Å². The minimum atomic E-state index is -3.10. The maximum Gasteiger partial charge on any atom is 0.387 e. The van der Waals surface area contributed by atoms with Gasteiger partial charge in [-0.1, -0.05) is 29.5 Å². The van der Waals surface area contributed by atoms with Gasteiger partial charge in [0, 0.05) is 11.1 Å². The van der Waals surface area contributed by atoms with Crippen LogP contribution in [0.15, 0.2) is 46.2 Å². The van der Waals surface area contributed by atoms with Gasteiger partial charge < -0.3 is 19.3 Å². The number of benzene rings is 1. The van der Waals surface area contributed by atoms with Crippen molar-refractivity contribution in [3.8, 4) is 10.8 Å². The topological polar surface area (TPSA) is 140 Å². The molecule has 0 spiro atoms. The highest BCUT2D eigenvalue weighted by molar-refractivity contribution is 7.21. The van der Waals surface area contributed by atoms with E-state index >= 15 is 0 Å². The minimum absolute atomic E-state index is 0.0256. The SMILES string of the molecule is Cc1c(-n2nccn2)sc2c1c(=O)n(C1(C(=O)O)CC1)c(=O)n2C[C@H](O[C@@H]1C[C@H]2CC[C@@H](C1)O2)c1ccccc1OC(F)F. The number of fused-ring (bicyclic) bond motifs is 3. The van der Waals surface area contributed by atoms with Crippen molar-refractivity contribution < 1.29 is 32.9 Å². The van der Waals surface area contributed by atoms with E-state index in [0.717, 1.165) is 28.7 Å². The predicted molar refractivity (Wildman–Crippen MR) is 153 cm³/mol.